The highest BCUT2D eigenvalue weighted by atomic mass is 32.3. The Bertz CT molecular complexity index is 244. The minimum atomic E-state index is -4.41. The molecule has 0 saturated carbocycles. The molecule has 0 rings (SSSR count). The third-order valence-electron chi connectivity index (χ3n) is 2.98. The van der Waals surface area contributed by atoms with Gasteiger partial charge in [-0.15, -0.1) is 0 Å². The molecule has 100 valence electrons. The third kappa shape index (κ3) is 10.4. The van der Waals surface area contributed by atoms with Crippen molar-refractivity contribution in [2.45, 2.75) is 52.6 Å². The van der Waals surface area contributed by atoms with Crippen molar-refractivity contribution in [2.75, 3.05) is 14.2 Å². The molecule has 16 heavy (non-hydrogen) atoms. The number of hydrogen-bond donors (Lipinski definition) is 1. The van der Waals surface area contributed by atoms with E-state index in [2.05, 4.69) is 38.9 Å². The van der Waals surface area contributed by atoms with Crippen molar-refractivity contribution >= 4 is 10.4 Å². The number of hydrogen-bond acceptors (Lipinski definition) is 4. The van der Waals surface area contributed by atoms with Crippen LogP contribution in [0.5, 0.6) is 0 Å². The van der Waals surface area contributed by atoms with E-state index in [1.54, 1.807) is 4.90 Å². The highest BCUT2D eigenvalue weighted by Gasteiger charge is 2.15. The van der Waals surface area contributed by atoms with E-state index in [0.29, 0.717) is 0 Å². The average Bonchev–Trinajstić information content (AvgIpc) is 2.25. The van der Waals surface area contributed by atoms with Crippen LogP contribution in [0.15, 0.2) is 0 Å². The van der Waals surface area contributed by atoms with Gasteiger partial charge in [0, 0.05) is 0 Å². The zero-order chi connectivity index (χ0) is 13.4. The Morgan fingerprint density at radius 3 is 1.56 bits per heavy atom. The predicted octanol–water partition coefficient (Wildman–Crippen LogP) is 0.191. The first-order valence-corrected chi connectivity index (χ1v) is 6.87. The smallest absolute Gasteiger partial charge is 0.217 e. The number of rotatable bonds is 5. The zero-order valence-corrected chi connectivity index (χ0v) is 11.9. The molecule has 0 radical (unpaired) electrons. The maximum Gasteiger partial charge on any atom is 0.217 e. The summed E-state index contributed by atoms with van der Waals surface area (Å²) in [7, 11) is -1.31. The van der Waals surface area contributed by atoms with E-state index in [1.165, 1.54) is 12.8 Å². The Labute approximate surface area is 99.7 Å². The monoisotopic (exact) mass is 255 g/mol. The van der Waals surface area contributed by atoms with Crippen LogP contribution >= 0.6 is 0 Å². The molecule has 6 heteroatoms. The lowest BCUT2D eigenvalue weighted by Gasteiger charge is -2.26. The molecule has 0 aromatic carbocycles. The molecule has 0 spiro atoms. The number of quaternary nitrogens is 1. The van der Waals surface area contributed by atoms with Crippen LogP contribution in [0, 0.1) is 0 Å². The molecule has 0 fully saturated rings. The maximum atomic E-state index is 9.22. The van der Waals surface area contributed by atoms with Crippen LogP contribution in [0.4, 0.5) is 0 Å². The first-order chi connectivity index (χ1) is 7.19. The van der Waals surface area contributed by atoms with Crippen molar-refractivity contribution in [3.05, 3.63) is 0 Å². The van der Waals surface area contributed by atoms with Crippen LogP contribution in [0.25, 0.3) is 0 Å². The summed E-state index contributed by atoms with van der Waals surface area (Å²) in [5.41, 5.74) is 0. The Balaban J connectivity index is 0. The first kappa shape index (κ1) is 18.2. The largest absolute Gasteiger partial charge is 0.726 e. The molecule has 0 bridgehead atoms. The molecule has 0 saturated heterocycles. The molecule has 5 nitrogen and oxygen atoms in total. The molecule has 1 N–H and O–H groups in total. The Hall–Kier alpha value is -0.170. The average molecular weight is 255 g/mol. The van der Waals surface area contributed by atoms with Crippen molar-refractivity contribution in [2.24, 2.45) is 0 Å². The van der Waals surface area contributed by atoms with Crippen molar-refractivity contribution < 1.29 is 22.1 Å². The van der Waals surface area contributed by atoms with E-state index in [0.717, 1.165) is 19.2 Å². The SMILES string of the molecule is CCC(C)[NH+](C)C(C)CC.COS(=O)(=O)[O-]. The lowest BCUT2D eigenvalue weighted by molar-refractivity contribution is -0.927. The molecule has 2 unspecified atom stereocenters. The summed E-state index contributed by atoms with van der Waals surface area (Å²) in [5.74, 6) is 0. The molecule has 0 aliphatic heterocycles. The second-order valence-electron chi connectivity index (χ2n) is 3.94. The van der Waals surface area contributed by atoms with Crippen LogP contribution in [-0.4, -0.2) is 39.2 Å². The third-order valence-corrected chi connectivity index (χ3v) is 3.39. The quantitative estimate of drug-likeness (QED) is 0.562. The fourth-order valence-corrected chi connectivity index (χ4v) is 1.13. The van der Waals surface area contributed by atoms with Crippen LogP contribution in [0.2, 0.25) is 0 Å². The van der Waals surface area contributed by atoms with Gasteiger partial charge in [-0.1, -0.05) is 13.8 Å². The summed E-state index contributed by atoms with van der Waals surface area (Å²) in [5, 5.41) is 0. The van der Waals surface area contributed by atoms with Gasteiger partial charge in [0.2, 0.25) is 10.4 Å². The van der Waals surface area contributed by atoms with Gasteiger partial charge in [0.1, 0.15) is 0 Å². The van der Waals surface area contributed by atoms with Gasteiger partial charge in [-0.25, -0.2) is 8.42 Å². The summed E-state index contributed by atoms with van der Waals surface area (Å²) >= 11 is 0. The highest BCUT2D eigenvalue weighted by Crippen LogP contribution is 1.87. The van der Waals surface area contributed by atoms with E-state index in [4.69, 9.17) is 0 Å². The molecule has 0 aliphatic carbocycles. The van der Waals surface area contributed by atoms with E-state index in [-0.39, 0.29) is 0 Å². The highest BCUT2D eigenvalue weighted by molar-refractivity contribution is 7.80. The maximum absolute atomic E-state index is 9.22. The van der Waals surface area contributed by atoms with E-state index in [9.17, 15) is 13.0 Å². The van der Waals surface area contributed by atoms with Crippen molar-refractivity contribution in [3.8, 4) is 0 Å². The van der Waals surface area contributed by atoms with Crippen molar-refractivity contribution in [1.29, 1.82) is 0 Å². The first-order valence-electron chi connectivity index (χ1n) is 5.54. The molecule has 0 aromatic rings. The Kier molecular flexibility index (Phi) is 10.2. The fourth-order valence-electron chi connectivity index (χ4n) is 1.13. The van der Waals surface area contributed by atoms with Crippen LogP contribution in [-0.2, 0) is 14.6 Å². The molecular formula is C10H25NO4S. The van der Waals surface area contributed by atoms with Crippen LogP contribution in [0.1, 0.15) is 40.5 Å². The van der Waals surface area contributed by atoms with Crippen molar-refractivity contribution in [1.82, 2.24) is 0 Å². The van der Waals surface area contributed by atoms with Crippen LogP contribution < -0.4 is 4.90 Å². The number of nitrogens with one attached hydrogen (secondary N) is 1. The molecular weight excluding hydrogens is 230 g/mol. The molecule has 0 amide bonds. The summed E-state index contributed by atoms with van der Waals surface area (Å²) in [6, 6.07) is 1.63. The van der Waals surface area contributed by atoms with Gasteiger partial charge >= 0.3 is 0 Å². The molecule has 2 atom stereocenters. The normalized spacial score (nSPS) is 16.9. The zero-order valence-electron chi connectivity index (χ0n) is 11.1. The van der Waals surface area contributed by atoms with Gasteiger partial charge in [-0.3, -0.25) is 4.18 Å². The van der Waals surface area contributed by atoms with E-state index < -0.39 is 10.4 Å². The van der Waals surface area contributed by atoms with Gasteiger partial charge in [0.25, 0.3) is 0 Å². The van der Waals surface area contributed by atoms with Gasteiger partial charge in [0.15, 0.2) is 0 Å². The van der Waals surface area contributed by atoms with Crippen LogP contribution in [0.3, 0.4) is 0 Å². The summed E-state index contributed by atoms with van der Waals surface area (Å²) in [6.07, 6.45) is 2.58. The summed E-state index contributed by atoms with van der Waals surface area (Å²) in [4.78, 5) is 1.67. The predicted molar refractivity (Wildman–Crippen MR) is 63.1 cm³/mol. The van der Waals surface area contributed by atoms with Crippen molar-refractivity contribution in [3.63, 3.8) is 0 Å². The second-order valence-corrected chi connectivity index (χ2v) is 5.09. The summed E-state index contributed by atoms with van der Waals surface area (Å²) in [6.45, 7) is 9.16. The fraction of sp³-hybridized carbons (Fsp3) is 1.00. The lowest BCUT2D eigenvalue weighted by atomic mass is 10.1. The second kappa shape index (κ2) is 8.92. The van der Waals surface area contributed by atoms with E-state index >= 15 is 0 Å². The minimum absolute atomic E-state index is 0.808. The Morgan fingerprint density at radius 2 is 1.44 bits per heavy atom. The molecule has 0 heterocycles. The molecule has 0 aliphatic rings. The van der Waals surface area contributed by atoms with Gasteiger partial charge in [-0.05, 0) is 26.7 Å². The standard InChI is InChI=1S/C9H21N.CH4O4S/c1-6-8(3)10(5)9(4)7-2;1-5-6(2,3)4/h8-9H,6-7H2,1-5H3;1H3,(H,2,3,4). The molecule has 0 aromatic heterocycles. The minimum Gasteiger partial charge on any atom is -0.726 e. The lowest BCUT2D eigenvalue weighted by Crippen LogP contribution is -3.15. The van der Waals surface area contributed by atoms with Gasteiger partial charge in [0.05, 0.1) is 26.2 Å². The topological polar surface area (TPSA) is 70.9 Å². The van der Waals surface area contributed by atoms with Gasteiger partial charge < -0.3 is 9.45 Å². The van der Waals surface area contributed by atoms with Gasteiger partial charge in [-0.2, -0.15) is 0 Å². The summed E-state index contributed by atoms with van der Waals surface area (Å²) < 4.78 is 31.0. The van der Waals surface area contributed by atoms with E-state index in [1.807, 2.05) is 0 Å². The Morgan fingerprint density at radius 1 is 1.19 bits per heavy atom.